The Kier molecular flexibility index (Phi) is 5.63. The molecule has 0 aliphatic rings. The summed E-state index contributed by atoms with van der Waals surface area (Å²) < 4.78 is 51.4. The molecule has 2 N–H and O–H groups in total. The van der Waals surface area contributed by atoms with Crippen molar-refractivity contribution in [3.8, 4) is 0 Å². The number of aryl methyl sites for hydroxylation is 1. The molecule has 1 heterocycles. The molecule has 0 unspecified atom stereocenters. The SMILES string of the molecule is Cc1cc(N(C)C)nc(CNC(=O)Nc2cc(F)cc(C(F)(F)F)c2)n1. The Morgan fingerprint density at radius 3 is 2.46 bits per heavy atom. The minimum Gasteiger partial charge on any atom is -0.363 e. The smallest absolute Gasteiger partial charge is 0.363 e. The average Bonchev–Trinajstić information content (AvgIpc) is 2.51. The number of aromatic nitrogens is 2. The van der Waals surface area contributed by atoms with Gasteiger partial charge >= 0.3 is 12.2 Å². The van der Waals surface area contributed by atoms with Gasteiger partial charge in [0.15, 0.2) is 0 Å². The quantitative estimate of drug-likeness (QED) is 0.809. The van der Waals surface area contributed by atoms with E-state index in [1.165, 1.54) is 0 Å². The second-order valence-corrected chi connectivity index (χ2v) is 5.71. The highest BCUT2D eigenvalue weighted by Gasteiger charge is 2.31. The van der Waals surface area contributed by atoms with Gasteiger partial charge in [-0.25, -0.2) is 19.2 Å². The highest BCUT2D eigenvalue weighted by atomic mass is 19.4. The molecule has 0 saturated carbocycles. The summed E-state index contributed by atoms with van der Waals surface area (Å²) in [7, 11) is 3.60. The lowest BCUT2D eigenvalue weighted by atomic mass is 10.2. The molecule has 1 aromatic carbocycles. The first kappa shape index (κ1) is 19.4. The second kappa shape index (κ2) is 7.54. The maximum absolute atomic E-state index is 13.3. The molecule has 0 aliphatic heterocycles. The van der Waals surface area contributed by atoms with Crippen LogP contribution in [-0.4, -0.2) is 30.1 Å². The van der Waals surface area contributed by atoms with Crippen molar-refractivity contribution in [3.63, 3.8) is 0 Å². The van der Waals surface area contributed by atoms with E-state index in [0.717, 1.165) is 6.07 Å². The molecule has 2 amide bonds. The van der Waals surface area contributed by atoms with Crippen LogP contribution in [0.3, 0.4) is 0 Å². The maximum Gasteiger partial charge on any atom is 0.416 e. The number of rotatable bonds is 4. The predicted octanol–water partition coefficient (Wildman–Crippen LogP) is 3.33. The van der Waals surface area contributed by atoms with Crippen LogP contribution in [0.5, 0.6) is 0 Å². The number of nitrogens with zero attached hydrogens (tertiary/aromatic N) is 3. The molecule has 2 aromatic rings. The summed E-state index contributed by atoms with van der Waals surface area (Å²) in [6.45, 7) is 1.72. The summed E-state index contributed by atoms with van der Waals surface area (Å²) in [5.74, 6) is -0.124. The standard InChI is InChI=1S/C16H17F4N5O/c1-9-4-14(25(2)3)24-13(22-9)8-21-15(26)23-12-6-10(16(18,19)20)5-11(17)7-12/h4-7H,8H2,1-3H3,(H2,21,23,26). The summed E-state index contributed by atoms with van der Waals surface area (Å²) in [6, 6.07) is 2.75. The van der Waals surface area contributed by atoms with Crippen molar-refractivity contribution in [2.45, 2.75) is 19.6 Å². The number of carbonyl (C=O) groups excluding carboxylic acids is 1. The fourth-order valence-electron chi connectivity index (χ4n) is 2.08. The van der Waals surface area contributed by atoms with Crippen LogP contribution in [0.4, 0.5) is 33.9 Å². The number of anilines is 2. The van der Waals surface area contributed by atoms with E-state index in [2.05, 4.69) is 20.6 Å². The van der Waals surface area contributed by atoms with Crippen LogP contribution in [0.1, 0.15) is 17.1 Å². The van der Waals surface area contributed by atoms with E-state index in [1.807, 2.05) is 0 Å². The van der Waals surface area contributed by atoms with Gasteiger partial charge in [0.1, 0.15) is 17.5 Å². The molecule has 0 fully saturated rings. The van der Waals surface area contributed by atoms with Crippen LogP contribution in [0.25, 0.3) is 0 Å². The van der Waals surface area contributed by atoms with E-state index < -0.39 is 23.6 Å². The molecule has 0 radical (unpaired) electrons. The van der Waals surface area contributed by atoms with Gasteiger partial charge in [0.25, 0.3) is 0 Å². The van der Waals surface area contributed by atoms with Gasteiger partial charge in [-0.05, 0) is 25.1 Å². The van der Waals surface area contributed by atoms with Gasteiger partial charge in [0.05, 0.1) is 12.1 Å². The van der Waals surface area contributed by atoms with Gasteiger partial charge in [-0.1, -0.05) is 0 Å². The lowest BCUT2D eigenvalue weighted by molar-refractivity contribution is -0.137. The summed E-state index contributed by atoms with van der Waals surface area (Å²) in [5, 5.41) is 4.58. The molecular weight excluding hydrogens is 354 g/mol. The third-order valence-corrected chi connectivity index (χ3v) is 3.24. The number of carbonyl (C=O) groups is 1. The number of hydrogen-bond acceptors (Lipinski definition) is 4. The molecule has 140 valence electrons. The molecule has 10 heteroatoms. The van der Waals surface area contributed by atoms with Crippen LogP contribution in [0.2, 0.25) is 0 Å². The molecule has 0 spiro atoms. The second-order valence-electron chi connectivity index (χ2n) is 5.71. The van der Waals surface area contributed by atoms with Crippen molar-refractivity contribution < 1.29 is 22.4 Å². The van der Waals surface area contributed by atoms with Gasteiger partial charge in [0.2, 0.25) is 0 Å². The van der Waals surface area contributed by atoms with Crippen LogP contribution in [0, 0.1) is 12.7 Å². The molecule has 6 nitrogen and oxygen atoms in total. The number of urea groups is 1. The zero-order chi connectivity index (χ0) is 19.5. The van der Waals surface area contributed by atoms with Crippen molar-refractivity contribution in [2.75, 3.05) is 24.3 Å². The molecule has 0 saturated heterocycles. The van der Waals surface area contributed by atoms with E-state index in [9.17, 15) is 22.4 Å². The fourth-order valence-corrected chi connectivity index (χ4v) is 2.08. The van der Waals surface area contributed by atoms with Crippen molar-refractivity contribution >= 4 is 17.5 Å². The Morgan fingerprint density at radius 2 is 1.85 bits per heavy atom. The first-order valence-electron chi connectivity index (χ1n) is 7.49. The van der Waals surface area contributed by atoms with E-state index >= 15 is 0 Å². The first-order chi connectivity index (χ1) is 12.0. The van der Waals surface area contributed by atoms with Crippen molar-refractivity contribution in [3.05, 3.63) is 47.2 Å². The predicted molar refractivity (Wildman–Crippen MR) is 88.4 cm³/mol. The number of hydrogen-bond donors (Lipinski definition) is 2. The molecule has 0 atom stereocenters. The van der Waals surface area contributed by atoms with E-state index in [-0.39, 0.29) is 12.2 Å². The van der Waals surface area contributed by atoms with Crippen LogP contribution >= 0.6 is 0 Å². The summed E-state index contributed by atoms with van der Waals surface area (Å²) in [6.07, 6.45) is -4.72. The molecule has 1 aromatic heterocycles. The summed E-state index contributed by atoms with van der Waals surface area (Å²) >= 11 is 0. The molecule has 0 aliphatic carbocycles. The topological polar surface area (TPSA) is 70.2 Å². The number of halogens is 4. The van der Waals surface area contributed by atoms with E-state index in [0.29, 0.717) is 29.5 Å². The Balaban J connectivity index is 2.05. The number of nitrogens with one attached hydrogen (secondary N) is 2. The zero-order valence-electron chi connectivity index (χ0n) is 14.3. The van der Waals surface area contributed by atoms with Gasteiger partial charge in [0, 0.05) is 31.5 Å². The third kappa shape index (κ3) is 5.30. The largest absolute Gasteiger partial charge is 0.416 e. The molecule has 0 bridgehead atoms. The van der Waals surface area contributed by atoms with Gasteiger partial charge in [-0.15, -0.1) is 0 Å². The highest BCUT2D eigenvalue weighted by Crippen LogP contribution is 2.31. The molecule has 2 rings (SSSR count). The molecule has 26 heavy (non-hydrogen) atoms. The summed E-state index contributed by atoms with van der Waals surface area (Å²) in [5.41, 5.74) is -0.805. The monoisotopic (exact) mass is 371 g/mol. The minimum atomic E-state index is -4.72. The maximum atomic E-state index is 13.3. The van der Waals surface area contributed by atoms with Crippen molar-refractivity contribution in [2.24, 2.45) is 0 Å². The highest BCUT2D eigenvalue weighted by molar-refractivity contribution is 5.89. The fraction of sp³-hybridized carbons (Fsp3) is 0.312. The number of alkyl halides is 3. The summed E-state index contributed by atoms with van der Waals surface area (Å²) in [4.78, 5) is 22.0. The van der Waals surface area contributed by atoms with Crippen molar-refractivity contribution in [1.82, 2.24) is 15.3 Å². The number of amides is 2. The van der Waals surface area contributed by atoms with Gasteiger partial charge in [-0.2, -0.15) is 13.2 Å². The van der Waals surface area contributed by atoms with E-state index in [1.54, 1.807) is 32.0 Å². The van der Waals surface area contributed by atoms with Crippen LogP contribution in [0.15, 0.2) is 24.3 Å². The number of benzene rings is 1. The average molecular weight is 371 g/mol. The lowest BCUT2D eigenvalue weighted by Gasteiger charge is -2.14. The molecular formula is C16H17F4N5O. The zero-order valence-corrected chi connectivity index (χ0v) is 14.3. The first-order valence-corrected chi connectivity index (χ1v) is 7.49. The van der Waals surface area contributed by atoms with Crippen LogP contribution < -0.4 is 15.5 Å². The Bertz CT molecular complexity index is 808. The third-order valence-electron chi connectivity index (χ3n) is 3.24. The lowest BCUT2D eigenvalue weighted by Crippen LogP contribution is -2.29. The normalized spacial score (nSPS) is 11.2. The van der Waals surface area contributed by atoms with Crippen LogP contribution in [-0.2, 0) is 12.7 Å². The van der Waals surface area contributed by atoms with Gasteiger partial charge in [-0.3, -0.25) is 0 Å². The van der Waals surface area contributed by atoms with E-state index in [4.69, 9.17) is 0 Å². The van der Waals surface area contributed by atoms with Crippen molar-refractivity contribution in [1.29, 1.82) is 0 Å². The Hall–Kier alpha value is -2.91. The Morgan fingerprint density at radius 1 is 1.15 bits per heavy atom. The Labute approximate surface area is 147 Å². The minimum absolute atomic E-state index is 0.0458. The van der Waals surface area contributed by atoms with Gasteiger partial charge < -0.3 is 15.5 Å².